The molecule has 3 aromatic carbocycles. The summed E-state index contributed by atoms with van der Waals surface area (Å²) in [4.78, 5) is 19.4. The van der Waals surface area contributed by atoms with Crippen LogP contribution in [-0.2, 0) is 6.54 Å². The largest absolute Gasteiger partial charge is 0.454 e. The van der Waals surface area contributed by atoms with Gasteiger partial charge >= 0.3 is 6.03 Å². The van der Waals surface area contributed by atoms with Gasteiger partial charge in [-0.05, 0) is 48.4 Å². The second-order valence-electron chi connectivity index (χ2n) is 8.50. The van der Waals surface area contributed by atoms with Crippen LogP contribution in [0.25, 0.3) is 17.0 Å². The van der Waals surface area contributed by atoms with Crippen LogP contribution < -0.4 is 14.8 Å². The number of allylic oxidation sites excluding steroid dienone is 1. The third-order valence-corrected chi connectivity index (χ3v) is 6.27. The van der Waals surface area contributed by atoms with Crippen LogP contribution in [0.5, 0.6) is 11.5 Å². The molecule has 36 heavy (non-hydrogen) atoms. The highest BCUT2D eigenvalue weighted by atomic mass is 19.1. The molecule has 1 aromatic heterocycles. The molecule has 0 saturated heterocycles. The lowest BCUT2D eigenvalue weighted by molar-refractivity contribution is 0.174. The minimum absolute atomic E-state index is 0.171. The van der Waals surface area contributed by atoms with Gasteiger partial charge < -0.3 is 19.3 Å². The summed E-state index contributed by atoms with van der Waals surface area (Å²) in [5, 5.41) is 7.27. The number of hydrogen-bond donors (Lipinski definition) is 1. The number of fused-ring (bicyclic) bond motifs is 1. The molecule has 1 atom stereocenters. The number of urea groups is 1. The zero-order valence-corrected chi connectivity index (χ0v) is 19.3. The fourth-order valence-electron chi connectivity index (χ4n) is 4.40. The molecule has 0 fully saturated rings. The smallest absolute Gasteiger partial charge is 0.322 e. The van der Waals surface area contributed by atoms with Crippen LogP contribution in [0.4, 0.5) is 9.18 Å². The summed E-state index contributed by atoms with van der Waals surface area (Å²) in [6, 6.07) is 20.3. The van der Waals surface area contributed by atoms with Gasteiger partial charge in [0.15, 0.2) is 11.5 Å². The lowest BCUT2D eigenvalue weighted by Crippen LogP contribution is -2.45. The Bertz CT molecular complexity index is 1470. The molecular weight excluding hydrogens is 463 g/mol. The van der Waals surface area contributed by atoms with Crippen molar-refractivity contribution in [3.63, 3.8) is 0 Å². The van der Waals surface area contributed by atoms with Gasteiger partial charge in [0, 0.05) is 11.3 Å². The Balaban J connectivity index is 1.41. The van der Waals surface area contributed by atoms with Gasteiger partial charge in [-0.2, -0.15) is 4.98 Å². The first-order chi connectivity index (χ1) is 17.6. The highest BCUT2D eigenvalue weighted by molar-refractivity contribution is 5.87. The van der Waals surface area contributed by atoms with Gasteiger partial charge in [0.25, 0.3) is 5.89 Å². The number of carbonyl (C=O) groups is 1. The van der Waals surface area contributed by atoms with Crippen LogP contribution in [0, 0.1) is 5.82 Å². The summed E-state index contributed by atoms with van der Waals surface area (Å²) in [6.07, 6.45) is 0. The zero-order chi connectivity index (χ0) is 24.6. The molecule has 0 bridgehead atoms. The van der Waals surface area contributed by atoms with Gasteiger partial charge in [-0.25, -0.2) is 9.18 Å². The average Bonchev–Trinajstić information content (AvgIpc) is 3.57. The van der Waals surface area contributed by atoms with E-state index in [9.17, 15) is 9.18 Å². The summed E-state index contributed by atoms with van der Waals surface area (Å²) >= 11 is 0. The molecule has 8 nitrogen and oxygen atoms in total. The molecule has 1 unspecified atom stereocenters. The monoisotopic (exact) mass is 484 g/mol. The van der Waals surface area contributed by atoms with E-state index >= 15 is 0 Å². The van der Waals surface area contributed by atoms with E-state index in [1.54, 1.807) is 29.2 Å². The maximum absolute atomic E-state index is 13.4. The Morgan fingerprint density at radius 3 is 2.61 bits per heavy atom. The molecule has 0 saturated carbocycles. The van der Waals surface area contributed by atoms with Crippen molar-refractivity contribution in [1.82, 2.24) is 20.4 Å². The first kappa shape index (κ1) is 21.8. The second kappa shape index (κ2) is 8.84. The molecule has 180 valence electrons. The Hall–Kier alpha value is -4.66. The van der Waals surface area contributed by atoms with Crippen molar-refractivity contribution >= 4 is 11.6 Å². The molecule has 0 aliphatic carbocycles. The third kappa shape index (κ3) is 3.94. The van der Waals surface area contributed by atoms with Crippen molar-refractivity contribution in [3.05, 3.63) is 101 Å². The predicted molar refractivity (Wildman–Crippen MR) is 128 cm³/mol. The summed E-state index contributed by atoms with van der Waals surface area (Å²) < 4.78 is 30.0. The normalized spacial score (nSPS) is 16.9. The topological polar surface area (TPSA) is 89.7 Å². The number of rotatable bonds is 5. The standard InChI is InChI=1S/C27H21FN4O4/c1-16-23(26-30-25(31-36-26)19-9-12-21-22(13-19)35-15-34-21)24(18-5-3-2-4-6-18)29-27(33)32(16)14-17-7-10-20(28)11-8-17/h2-13,24H,14-15H2,1H3,(H,29,33). The van der Waals surface area contributed by atoms with E-state index in [1.807, 2.05) is 43.3 Å². The zero-order valence-electron chi connectivity index (χ0n) is 19.3. The van der Waals surface area contributed by atoms with Crippen molar-refractivity contribution in [2.24, 2.45) is 0 Å². The van der Waals surface area contributed by atoms with Crippen molar-refractivity contribution < 1.29 is 23.2 Å². The molecule has 0 radical (unpaired) electrons. The van der Waals surface area contributed by atoms with Crippen LogP contribution in [0.1, 0.15) is 30.0 Å². The number of aromatic nitrogens is 2. The first-order valence-corrected chi connectivity index (χ1v) is 11.4. The van der Waals surface area contributed by atoms with Crippen LogP contribution in [0.2, 0.25) is 0 Å². The number of halogens is 1. The van der Waals surface area contributed by atoms with Crippen LogP contribution in [0.15, 0.2) is 83.0 Å². The van der Waals surface area contributed by atoms with Crippen LogP contribution in [-0.4, -0.2) is 27.9 Å². The van der Waals surface area contributed by atoms with E-state index < -0.39 is 6.04 Å². The minimum atomic E-state index is -0.492. The fraction of sp³-hybridized carbons (Fsp3) is 0.148. The van der Waals surface area contributed by atoms with Crippen LogP contribution in [0.3, 0.4) is 0 Å². The lowest BCUT2D eigenvalue weighted by Gasteiger charge is -2.35. The summed E-state index contributed by atoms with van der Waals surface area (Å²) in [6.45, 7) is 2.27. The Kier molecular flexibility index (Phi) is 5.37. The maximum Gasteiger partial charge on any atom is 0.322 e. The maximum atomic E-state index is 13.4. The first-order valence-electron chi connectivity index (χ1n) is 11.4. The lowest BCUT2D eigenvalue weighted by atomic mass is 9.94. The van der Waals surface area contributed by atoms with E-state index in [4.69, 9.17) is 14.0 Å². The van der Waals surface area contributed by atoms with Gasteiger partial charge in [-0.1, -0.05) is 47.6 Å². The van der Waals surface area contributed by atoms with E-state index in [-0.39, 0.29) is 31.1 Å². The molecule has 4 aromatic rings. The Morgan fingerprint density at radius 1 is 1.03 bits per heavy atom. The molecule has 9 heteroatoms. The molecular formula is C27H21FN4O4. The number of benzene rings is 3. The van der Waals surface area contributed by atoms with Gasteiger partial charge in [-0.3, -0.25) is 4.90 Å². The third-order valence-electron chi connectivity index (χ3n) is 6.27. The number of nitrogens with zero attached hydrogens (tertiary/aromatic N) is 3. The number of ether oxygens (including phenoxy) is 2. The fourth-order valence-corrected chi connectivity index (χ4v) is 4.40. The van der Waals surface area contributed by atoms with E-state index in [1.165, 1.54) is 12.1 Å². The van der Waals surface area contributed by atoms with E-state index in [0.29, 0.717) is 34.2 Å². The van der Waals surface area contributed by atoms with E-state index in [2.05, 4.69) is 15.5 Å². The molecule has 2 aliphatic rings. The highest BCUT2D eigenvalue weighted by Crippen LogP contribution is 2.39. The highest BCUT2D eigenvalue weighted by Gasteiger charge is 2.35. The average molecular weight is 484 g/mol. The van der Waals surface area contributed by atoms with Gasteiger partial charge in [0.05, 0.1) is 18.2 Å². The van der Waals surface area contributed by atoms with E-state index in [0.717, 1.165) is 11.1 Å². The minimum Gasteiger partial charge on any atom is -0.454 e. The van der Waals surface area contributed by atoms with Gasteiger partial charge in [0.2, 0.25) is 12.6 Å². The number of nitrogens with one attached hydrogen (secondary N) is 1. The summed E-state index contributed by atoms with van der Waals surface area (Å²) in [5.41, 5.74) is 3.73. The summed E-state index contributed by atoms with van der Waals surface area (Å²) in [7, 11) is 0. The van der Waals surface area contributed by atoms with Crippen LogP contribution >= 0.6 is 0 Å². The molecule has 0 spiro atoms. The number of amides is 2. The summed E-state index contributed by atoms with van der Waals surface area (Å²) in [5.74, 6) is 1.62. The second-order valence-corrected chi connectivity index (χ2v) is 8.50. The molecule has 2 amide bonds. The van der Waals surface area contributed by atoms with Crippen molar-refractivity contribution in [3.8, 4) is 22.9 Å². The van der Waals surface area contributed by atoms with Crippen molar-refractivity contribution in [2.45, 2.75) is 19.5 Å². The number of carbonyl (C=O) groups excluding carboxylic acids is 1. The molecule has 6 rings (SSSR count). The molecule has 3 heterocycles. The Morgan fingerprint density at radius 2 is 1.81 bits per heavy atom. The predicted octanol–water partition coefficient (Wildman–Crippen LogP) is 5.30. The number of hydrogen-bond acceptors (Lipinski definition) is 6. The molecule has 1 N–H and O–H groups in total. The van der Waals surface area contributed by atoms with Crippen molar-refractivity contribution in [2.75, 3.05) is 6.79 Å². The quantitative estimate of drug-likeness (QED) is 0.413. The van der Waals surface area contributed by atoms with Gasteiger partial charge in [-0.15, -0.1) is 0 Å². The SMILES string of the molecule is CC1=C(c2nc(-c3ccc4c(c3)OCO4)no2)C(c2ccccc2)NC(=O)N1Cc1ccc(F)cc1. The van der Waals surface area contributed by atoms with Gasteiger partial charge in [0.1, 0.15) is 5.82 Å². The molecule has 2 aliphatic heterocycles. The Labute approximate surface area is 206 Å². The van der Waals surface area contributed by atoms with Crippen molar-refractivity contribution in [1.29, 1.82) is 0 Å².